The number of aromatic carboxylic acids is 1. The molecule has 0 heterocycles. The van der Waals surface area contributed by atoms with Gasteiger partial charge < -0.3 is 19.3 Å². The minimum atomic E-state index is -1.09. The third-order valence-electron chi connectivity index (χ3n) is 4.97. The summed E-state index contributed by atoms with van der Waals surface area (Å²) >= 11 is 4.38. The van der Waals surface area contributed by atoms with E-state index >= 15 is 0 Å². The topological polar surface area (TPSA) is 82.1 Å². The smallest absolute Gasteiger partial charge is 0.342 e. The fourth-order valence-electron chi connectivity index (χ4n) is 3.35. The van der Waals surface area contributed by atoms with Crippen LogP contribution in [0, 0.1) is 0 Å². The molecule has 0 aromatic heterocycles. The number of esters is 1. The standard InChI is InChI=1S/C24H36I2O6/c1-5-9-11-13-19(25)31-18-15-17(24(29)30-8-4)22(16(7-3)21(18)23(27)28)32-20(26)14-12-10-6-2/h15,19-20H,5-14H2,1-4H3,(H,27,28). The first-order chi connectivity index (χ1) is 15.3. The van der Waals surface area contributed by atoms with Gasteiger partial charge in [0.05, 0.1) is 6.61 Å². The predicted octanol–water partition coefficient (Wildman–Crippen LogP) is 7.56. The minimum Gasteiger partial charge on any atom is -0.479 e. The molecule has 0 saturated heterocycles. The van der Waals surface area contributed by atoms with Gasteiger partial charge in [-0.25, -0.2) is 9.59 Å². The number of carboxylic acid groups (broad SMARTS) is 1. The highest BCUT2D eigenvalue weighted by molar-refractivity contribution is 14.1. The lowest BCUT2D eigenvalue weighted by Gasteiger charge is -2.23. The van der Waals surface area contributed by atoms with Crippen LogP contribution in [0.3, 0.4) is 0 Å². The van der Waals surface area contributed by atoms with Crippen molar-refractivity contribution in [2.45, 2.75) is 93.7 Å². The van der Waals surface area contributed by atoms with Crippen molar-refractivity contribution in [1.29, 1.82) is 0 Å². The lowest BCUT2D eigenvalue weighted by atomic mass is 9.98. The third kappa shape index (κ3) is 9.23. The Balaban J connectivity index is 3.44. The fraction of sp³-hybridized carbons (Fsp3) is 0.667. The molecule has 2 atom stereocenters. The summed E-state index contributed by atoms with van der Waals surface area (Å²) in [5.74, 6) is -1.14. The van der Waals surface area contributed by atoms with Crippen molar-refractivity contribution in [3.05, 3.63) is 22.8 Å². The monoisotopic (exact) mass is 674 g/mol. The van der Waals surface area contributed by atoms with Crippen LogP contribution in [0.4, 0.5) is 0 Å². The van der Waals surface area contributed by atoms with Crippen molar-refractivity contribution in [2.24, 2.45) is 0 Å². The fourth-order valence-corrected chi connectivity index (χ4v) is 4.76. The van der Waals surface area contributed by atoms with Crippen molar-refractivity contribution in [2.75, 3.05) is 6.61 Å². The molecule has 1 aromatic carbocycles. The highest BCUT2D eigenvalue weighted by Crippen LogP contribution is 2.38. The molecular formula is C24H36I2O6. The van der Waals surface area contributed by atoms with Gasteiger partial charge in [-0.3, -0.25) is 0 Å². The molecule has 0 saturated carbocycles. The maximum atomic E-state index is 12.8. The van der Waals surface area contributed by atoms with Gasteiger partial charge >= 0.3 is 11.9 Å². The van der Waals surface area contributed by atoms with Crippen molar-refractivity contribution in [3.63, 3.8) is 0 Å². The van der Waals surface area contributed by atoms with E-state index in [1.165, 1.54) is 6.07 Å². The second-order valence-electron chi connectivity index (χ2n) is 7.53. The molecule has 6 nitrogen and oxygen atoms in total. The summed E-state index contributed by atoms with van der Waals surface area (Å²) < 4.78 is 17.1. The normalized spacial score (nSPS) is 12.8. The van der Waals surface area contributed by atoms with E-state index in [9.17, 15) is 14.7 Å². The molecule has 8 heteroatoms. The molecule has 0 aliphatic heterocycles. The van der Waals surface area contributed by atoms with E-state index in [0.29, 0.717) is 17.7 Å². The Hall–Kier alpha value is -0.780. The SMILES string of the molecule is CCCCCC(I)Oc1cc(C(=O)OCC)c(OC(I)CCCCC)c(CC)c1C(=O)O. The Morgan fingerprint density at radius 3 is 1.97 bits per heavy atom. The molecule has 182 valence electrons. The average Bonchev–Trinajstić information content (AvgIpc) is 2.74. The first kappa shape index (κ1) is 29.3. The molecule has 1 rings (SSSR count). The van der Waals surface area contributed by atoms with Crippen molar-refractivity contribution >= 4 is 57.1 Å². The van der Waals surface area contributed by atoms with Gasteiger partial charge in [0.2, 0.25) is 0 Å². The Bertz CT molecular complexity index is 738. The van der Waals surface area contributed by atoms with Crippen LogP contribution in [0.25, 0.3) is 0 Å². The maximum absolute atomic E-state index is 12.8. The van der Waals surface area contributed by atoms with Crippen molar-refractivity contribution < 1.29 is 28.9 Å². The molecular weight excluding hydrogens is 638 g/mol. The molecule has 0 spiro atoms. The number of carbonyl (C=O) groups excluding carboxylic acids is 1. The summed E-state index contributed by atoms with van der Waals surface area (Å²) in [5, 5.41) is 10.0. The number of hydrogen-bond donors (Lipinski definition) is 1. The third-order valence-corrected chi connectivity index (χ3v) is 6.73. The van der Waals surface area contributed by atoms with Gasteiger partial charge in [-0.2, -0.15) is 0 Å². The Labute approximate surface area is 219 Å². The summed E-state index contributed by atoms with van der Waals surface area (Å²) in [4.78, 5) is 25.0. The number of rotatable bonds is 16. The Morgan fingerprint density at radius 2 is 1.50 bits per heavy atom. The lowest BCUT2D eigenvalue weighted by Crippen LogP contribution is -2.19. The van der Waals surface area contributed by atoms with Crippen LogP contribution in [0.15, 0.2) is 6.07 Å². The van der Waals surface area contributed by atoms with Gasteiger partial charge in [0, 0.05) is 5.56 Å². The maximum Gasteiger partial charge on any atom is 0.342 e. The number of alkyl halides is 2. The zero-order valence-corrected chi connectivity index (χ0v) is 23.9. The molecule has 0 aliphatic rings. The Morgan fingerprint density at radius 1 is 0.938 bits per heavy atom. The van der Waals surface area contributed by atoms with E-state index in [1.807, 2.05) is 6.92 Å². The number of carboxylic acids is 1. The van der Waals surface area contributed by atoms with Gasteiger partial charge in [-0.1, -0.05) is 46.5 Å². The van der Waals surface area contributed by atoms with E-state index in [0.717, 1.165) is 51.4 Å². The van der Waals surface area contributed by atoms with Crippen LogP contribution in [0.2, 0.25) is 0 Å². The molecule has 0 aliphatic carbocycles. The molecule has 1 aromatic rings. The number of ether oxygens (including phenoxy) is 3. The summed E-state index contributed by atoms with van der Waals surface area (Å²) in [7, 11) is 0. The van der Waals surface area contributed by atoms with Crippen LogP contribution < -0.4 is 9.47 Å². The van der Waals surface area contributed by atoms with Crippen molar-refractivity contribution in [3.8, 4) is 11.5 Å². The first-order valence-corrected chi connectivity index (χ1v) is 14.0. The molecule has 0 amide bonds. The van der Waals surface area contributed by atoms with E-state index in [4.69, 9.17) is 14.2 Å². The number of benzene rings is 1. The molecule has 0 radical (unpaired) electrons. The number of carbonyl (C=O) groups is 2. The van der Waals surface area contributed by atoms with Crippen LogP contribution in [0.5, 0.6) is 11.5 Å². The lowest BCUT2D eigenvalue weighted by molar-refractivity contribution is 0.0518. The van der Waals surface area contributed by atoms with E-state index in [-0.39, 0.29) is 31.7 Å². The zero-order valence-electron chi connectivity index (χ0n) is 19.5. The summed E-state index contributed by atoms with van der Waals surface area (Å²) in [6, 6.07) is 1.48. The van der Waals surface area contributed by atoms with Crippen LogP contribution in [-0.2, 0) is 11.2 Å². The number of unbranched alkanes of at least 4 members (excludes halogenated alkanes) is 4. The second kappa shape index (κ2) is 16.0. The van der Waals surface area contributed by atoms with Crippen LogP contribution in [0.1, 0.15) is 105 Å². The average molecular weight is 674 g/mol. The van der Waals surface area contributed by atoms with E-state index in [2.05, 4.69) is 59.0 Å². The predicted molar refractivity (Wildman–Crippen MR) is 144 cm³/mol. The summed E-state index contributed by atoms with van der Waals surface area (Å²) in [6.07, 6.45) is 8.38. The van der Waals surface area contributed by atoms with E-state index < -0.39 is 11.9 Å². The Kier molecular flexibility index (Phi) is 14.6. The number of hydrogen-bond acceptors (Lipinski definition) is 5. The van der Waals surface area contributed by atoms with Crippen LogP contribution >= 0.6 is 45.2 Å². The van der Waals surface area contributed by atoms with Crippen molar-refractivity contribution in [1.82, 2.24) is 0 Å². The van der Waals surface area contributed by atoms with Gasteiger partial charge in [-0.05, 0) is 90.3 Å². The molecule has 0 bridgehead atoms. The summed E-state index contributed by atoms with van der Waals surface area (Å²) in [5.41, 5.74) is 0.746. The zero-order chi connectivity index (χ0) is 24.1. The van der Waals surface area contributed by atoms with Gasteiger partial charge in [0.15, 0.2) is 0 Å². The quantitative estimate of drug-likeness (QED) is 0.0844. The van der Waals surface area contributed by atoms with Gasteiger partial charge in [0.1, 0.15) is 30.8 Å². The molecule has 0 fully saturated rings. The number of halogens is 2. The highest BCUT2D eigenvalue weighted by atomic mass is 127. The second-order valence-corrected chi connectivity index (χ2v) is 10.3. The highest BCUT2D eigenvalue weighted by Gasteiger charge is 2.29. The first-order valence-electron chi connectivity index (χ1n) is 11.5. The van der Waals surface area contributed by atoms with Gasteiger partial charge in [0.25, 0.3) is 0 Å². The van der Waals surface area contributed by atoms with Crippen LogP contribution in [-0.4, -0.2) is 31.9 Å². The minimum absolute atomic E-state index is 0.0601. The molecule has 1 N–H and O–H groups in total. The van der Waals surface area contributed by atoms with Gasteiger partial charge in [-0.15, -0.1) is 0 Å². The molecule has 32 heavy (non-hydrogen) atoms. The van der Waals surface area contributed by atoms with E-state index in [1.54, 1.807) is 6.92 Å². The molecule has 2 unspecified atom stereocenters. The largest absolute Gasteiger partial charge is 0.479 e. The summed E-state index contributed by atoms with van der Waals surface area (Å²) in [6.45, 7) is 8.08.